The highest BCUT2D eigenvalue weighted by molar-refractivity contribution is 5.90. The average Bonchev–Trinajstić information content (AvgIpc) is 3.63. The lowest BCUT2D eigenvalue weighted by Gasteiger charge is -2.39. The molecule has 0 aromatic heterocycles. The molecule has 0 aromatic carbocycles. The van der Waals surface area contributed by atoms with E-state index in [0.717, 1.165) is 19.3 Å². The minimum Gasteiger partial charge on any atom is -0.438 e. The van der Waals surface area contributed by atoms with Gasteiger partial charge in [-0.05, 0) is 54.1 Å². The molecule has 7 atom stereocenters. The molecule has 2 fully saturated rings. The van der Waals surface area contributed by atoms with E-state index in [9.17, 15) is 24.9 Å². The number of aliphatic hydroxyl groups excluding tert-OH is 2. The Morgan fingerprint density at radius 1 is 1.28 bits per heavy atom. The third-order valence-corrected chi connectivity index (χ3v) is 8.49. The summed E-state index contributed by atoms with van der Waals surface area (Å²) in [6.07, 6.45) is 3.13. The fourth-order valence-corrected chi connectivity index (χ4v) is 6.38. The minimum atomic E-state index is -2.04. The second-order valence-electron chi connectivity index (χ2n) is 11.0. The SMILES string of the molecule is CC[C@@H]1[C@H]([C@@H]2C=C(CO)[C@@H](O)[C@@]3(O)C(C=C(C)[C@@H]3OC(=O)N(C)CC3CC3)C2=O)C1(C)C. The van der Waals surface area contributed by atoms with Crippen molar-refractivity contribution in [2.24, 2.45) is 35.0 Å². The highest BCUT2D eigenvalue weighted by Gasteiger charge is 2.66. The zero-order valence-corrected chi connectivity index (χ0v) is 19.7. The van der Waals surface area contributed by atoms with E-state index in [1.807, 2.05) is 0 Å². The van der Waals surface area contributed by atoms with Gasteiger partial charge in [0, 0.05) is 19.5 Å². The van der Waals surface area contributed by atoms with Crippen LogP contribution in [0.2, 0.25) is 0 Å². The molecule has 4 rings (SSSR count). The average molecular weight is 448 g/mol. The van der Waals surface area contributed by atoms with Crippen molar-refractivity contribution in [3.8, 4) is 0 Å². The minimum absolute atomic E-state index is 0.0334. The van der Waals surface area contributed by atoms with Crippen molar-refractivity contribution in [1.82, 2.24) is 4.90 Å². The lowest BCUT2D eigenvalue weighted by molar-refractivity contribution is -0.156. The van der Waals surface area contributed by atoms with Gasteiger partial charge in [0.2, 0.25) is 0 Å². The monoisotopic (exact) mass is 447 g/mol. The molecule has 0 heterocycles. The Hall–Kier alpha value is -1.70. The summed E-state index contributed by atoms with van der Waals surface area (Å²) in [4.78, 5) is 28.0. The smallest absolute Gasteiger partial charge is 0.410 e. The van der Waals surface area contributed by atoms with Gasteiger partial charge in [0.25, 0.3) is 0 Å². The van der Waals surface area contributed by atoms with Crippen molar-refractivity contribution in [1.29, 1.82) is 0 Å². The summed E-state index contributed by atoms with van der Waals surface area (Å²) in [7, 11) is 1.65. The molecule has 32 heavy (non-hydrogen) atoms. The molecule has 178 valence electrons. The standard InChI is InChI=1S/C25H37NO6/c1-6-17-19(24(17,3)4)16-10-15(12-27)21(29)25(31)18(20(16)28)9-13(2)22(25)32-23(30)26(5)11-14-7-8-14/h9-10,14,16-19,21-22,27,29,31H,6-8,11-12H2,1-5H3/t16-,17+,18?,19-,21+,22-,25-/m0/s1. The van der Waals surface area contributed by atoms with Gasteiger partial charge in [-0.25, -0.2) is 4.79 Å². The van der Waals surface area contributed by atoms with E-state index in [1.165, 1.54) is 4.90 Å². The van der Waals surface area contributed by atoms with Crippen LogP contribution in [0.15, 0.2) is 23.3 Å². The highest BCUT2D eigenvalue weighted by atomic mass is 16.6. The first-order valence-corrected chi connectivity index (χ1v) is 11.8. The molecule has 2 saturated carbocycles. The van der Waals surface area contributed by atoms with E-state index in [1.54, 1.807) is 26.1 Å². The van der Waals surface area contributed by atoms with Crippen LogP contribution in [0.25, 0.3) is 0 Å². The molecule has 4 aliphatic carbocycles. The Labute approximate surface area is 190 Å². The first-order valence-electron chi connectivity index (χ1n) is 11.8. The third kappa shape index (κ3) is 3.53. The summed E-state index contributed by atoms with van der Waals surface area (Å²) < 4.78 is 5.70. The Morgan fingerprint density at radius 3 is 2.47 bits per heavy atom. The van der Waals surface area contributed by atoms with Gasteiger partial charge in [-0.15, -0.1) is 0 Å². The molecule has 0 aliphatic heterocycles. The number of ether oxygens (including phenoxy) is 1. The normalized spacial score (nSPS) is 40.2. The number of aliphatic hydroxyl groups is 3. The predicted molar refractivity (Wildman–Crippen MR) is 119 cm³/mol. The lowest BCUT2D eigenvalue weighted by atomic mass is 9.77. The molecule has 0 radical (unpaired) electrons. The predicted octanol–water partition coefficient (Wildman–Crippen LogP) is 2.30. The van der Waals surface area contributed by atoms with Crippen molar-refractivity contribution in [3.05, 3.63) is 23.3 Å². The molecule has 0 saturated heterocycles. The maximum atomic E-state index is 13.7. The molecule has 0 aromatic rings. The first kappa shape index (κ1) is 23.5. The number of nitrogens with zero attached hydrogens (tertiary/aromatic N) is 1. The van der Waals surface area contributed by atoms with Crippen LogP contribution in [0.5, 0.6) is 0 Å². The zero-order chi connectivity index (χ0) is 23.6. The number of carbonyl (C=O) groups is 2. The largest absolute Gasteiger partial charge is 0.438 e. The van der Waals surface area contributed by atoms with Gasteiger partial charge in [0.15, 0.2) is 6.10 Å². The number of Topliss-reactive ketones (excluding diaryl/α,β-unsaturated/α-hetero) is 1. The van der Waals surface area contributed by atoms with Gasteiger partial charge in [-0.1, -0.05) is 39.3 Å². The van der Waals surface area contributed by atoms with Gasteiger partial charge >= 0.3 is 6.09 Å². The van der Waals surface area contributed by atoms with Gasteiger partial charge in [-0.2, -0.15) is 0 Å². The van der Waals surface area contributed by atoms with Crippen LogP contribution >= 0.6 is 0 Å². The number of hydrogen-bond acceptors (Lipinski definition) is 6. The van der Waals surface area contributed by atoms with E-state index >= 15 is 0 Å². The Balaban J connectivity index is 1.65. The quantitative estimate of drug-likeness (QED) is 0.540. The topological polar surface area (TPSA) is 107 Å². The summed E-state index contributed by atoms with van der Waals surface area (Å²) in [5.74, 6) is -0.798. The van der Waals surface area contributed by atoms with Crippen LogP contribution in [0, 0.1) is 35.0 Å². The molecular weight excluding hydrogens is 410 g/mol. The molecule has 1 amide bonds. The number of allylic oxidation sites excluding steroid dienone is 1. The number of ketones is 1. The maximum absolute atomic E-state index is 13.7. The highest BCUT2D eigenvalue weighted by Crippen LogP contribution is 2.65. The van der Waals surface area contributed by atoms with E-state index in [4.69, 9.17) is 4.74 Å². The van der Waals surface area contributed by atoms with Gasteiger partial charge in [-0.3, -0.25) is 4.79 Å². The second-order valence-corrected chi connectivity index (χ2v) is 11.0. The van der Waals surface area contributed by atoms with Crippen LogP contribution in [-0.2, 0) is 9.53 Å². The first-order chi connectivity index (χ1) is 15.0. The van der Waals surface area contributed by atoms with Crippen molar-refractivity contribution in [2.75, 3.05) is 20.2 Å². The summed E-state index contributed by atoms with van der Waals surface area (Å²) in [6, 6.07) is 0. The van der Waals surface area contributed by atoms with Gasteiger partial charge < -0.3 is 25.0 Å². The summed E-state index contributed by atoms with van der Waals surface area (Å²) in [5.41, 5.74) is -1.32. The number of rotatable bonds is 6. The zero-order valence-electron chi connectivity index (χ0n) is 19.7. The van der Waals surface area contributed by atoms with Crippen molar-refractivity contribution in [3.63, 3.8) is 0 Å². The Kier molecular flexibility index (Phi) is 5.83. The third-order valence-electron chi connectivity index (χ3n) is 8.49. The fraction of sp³-hybridized carbons (Fsp3) is 0.760. The van der Waals surface area contributed by atoms with Crippen LogP contribution < -0.4 is 0 Å². The van der Waals surface area contributed by atoms with Crippen molar-refractivity contribution in [2.45, 2.75) is 64.8 Å². The summed E-state index contributed by atoms with van der Waals surface area (Å²) in [5, 5.41) is 33.0. The van der Waals surface area contributed by atoms with Crippen LogP contribution in [0.4, 0.5) is 4.79 Å². The molecule has 0 bridgehead atoms. The van der Waals surface area contributed by atoms with Crippen LogP contribution in [0.3, 0.4) is 0 Å². The van der Waals surface area contributed by atoms with E-state index in [0.29, 0.717) is 24.0 Å². The van der Waals surface area contributed by atoms with Crippen molar-refractivity contribution < 1.29 is 29.6 Å². The summed E-state index contributed by atoms with van der Waals surface area (Å²) in [6.45, 7) is 8.17. The second kappa shape index (κ2) is 7.96. The molecule has 0 spiro atoms. The molecule has 7 nitrogen and oxygen atoms in total. The molecule has 3 N–H and O–H groups in total. The van der Waals surface area contributed by atoms with E-state index in [2.05, 4.69) is 20.8 Å². The van der Waals surface area contributed by atoms with Crippen LogP contribution in [-0.4, -0.2) is 70.1 Å². The molecule has 7 heteroatoms. The number of amides is 1. The van der Waals surface area contributed by atoms with E-state index < -0.39 is 42.3 Å². The van der Waals surface area contributed by atoms with Crippen LogP contribution in [0.1, 0.15) is 47.0 Å². The maximum Gasteiger partial charge on any atom is 0.410 e. The Bertz CT molecular complexity index is 858. The molecular formula is C25H37NO6. The summed E-state index contributed by atoms with van der Waals surface area (Å²) >= 11 is 0. The van der Waals surface area contributed by atoms with Gasteiger partial charge in [0.1, 0.15) is 17.5 Å². The van der Waals surface area contributed by atoms with Gasteiger partial charge in [0.05, 0.1) is 12.5 Å². The number of carbonyl (C=O) groups excluding carboxylic acids is 2. The molecule has 1 unspecified atom stereocenters. The number of hydrogen-bond donors (Lipinski definition) is 3. The molecule has 4 aliphatic rings. The van der Waals surface area contributed by atoms with E-state index in [-0.39, 0.29) is 22.7 Å². The lowest BCUT2D eigenvalue weighted by Crippen LogP contribution is -2.58. The Morgan fingerprint density at radius 2 is 1.94 bits per heavy atom. The fourth-order valence-electron chi connectivity index (χ4n) is 6.38. The van der Waals surface area contributed by atoms with Crippen molar-refractivity contribution >= 4 is 11.9 Å². The number of fused-ring (bicyclic) bond motifs is 1.